The van der Waals surface area contributed by atoms with Crippen LogP contribution in [0.5, 0.6) is 0 Å². The SMILES string of the molecule is CC(C)C1CC(O)(CN)CCO1. The zero-order valence-electron chi connectivity index (χ0n) is 7.92. The van der Waals surface area contributed by atoms with Gasteiger partial charge in [0.25, 0.3) is 0 Å². The molecule has 0 saturated carbocycles. The van der Waals surface area contributed by atoms with Gasteiger partial charge in [-0.15, -0.1) is 0 Å². The van der Waals surface area contributed by atoms with Gasteiger partial charge in [-0.2, -0.15) is 0 Å². The molecule has 0 radical (unpaired) electrons. The smallest absolute Gasteiger partial charge is 0.0816 e. The Morgan fingerprint density at radius 2 is 2.33 bits per heavy atom. The molecule has 1 aliphatic heterocycles. The van der Waals surface area contributed by atoms with Crippen LogP contribution in [0.2, 0.25) is 0 Å². The molecule has 0 bridgehead atoms. The normalized spacial score (nSPS) is 37.2. The second kappa shape index (κ2) is 3.73. The molecule has 0 aromatic heterocycles. The van der Waals surface area contributed by atoms with Crippen molar-refractivity contribution in [1.82, 2.24) is 0 Å². The zero-order valence-corrected chi connectivity index (χ0v) is 7.92. The molecule has 0 amide bonds. The van der Waals surface area contributed by atoms with E-state index in [9.17, 15) is 5.11 Å². The topological polar surface area (TPSA) is 55.5 Å². The van der Waals surface area contributed by atoms with Crippen LogP contribution in [0.1, 0.15) is 26.7 Å². The number of ether oxygens (including phenoxy) is 1. The second-order valence-electron chi connectivity index (χ2n) is 4.04. The Labute approximate surface area is 73.9 Å². The molecular weight excluding hydrogens is 154 g/mol. The van der Waals surface area contributed by atoms with Crippen molar-refractivity contribution in [3.05, 3.63) is 0 Å². The van der Waals surface area contributed by atoms with Crippen LogP contribution < -0.4 is 5.73 Å². The molecule has 3 heteroatoms. The Morgan fingerprint density at radius 1 is 1.67 bits per heavy atom. The van der Waals surface area contributed by atoms with E-state index in [0.717, 1.165) is 0 Å². The summed E-state index contributed by atoms with van der Waals surface area (Å²) in [6.45, 7) is 5.19. The summed E-state index contributed by atoms with van der Waals surface area (Å²) in [5.74, 6) is 0.461. The van der Waals surface area contributed by atoms with Crippen LogP contribution in [-0.2, 0) is 4.74 Å². The van der Waals surface area contributed by atoms with Gasteiger partial charge in [0.2, 0.25) is 0 Å². The molecule has 1 fully saturated rings. The monoisotopic (exact) mass is 173 g/mol. The van der Waals surface area contributed by atoms with Crippen molar-refractivity contribution in [2.45, 2.75) is 38.4 Å². The lowest BCUT2D eigenvalue weighted by atomic mass is 9.86. The number of aliphatic hydroxyl groups is 1. The van der Waals surface area contributed by atoms with Gasteiger partial charge in [-0.3, -0.25) is 0 Å². The van der Waals surface area contributed by atoms with Crippen LogP contribution >= 0.6 is 0 Å². The maximum atomic E-state index is 9.89. The van der Waals surface area contributed by atoms with Gasteiger partial charge in [0.1, 0.15) is 0 Å². The quantitative estimate of drug-likeness (QED) is 0.639. The molecule has 72 valence electrons. The predicted molar refractivity (Wildman–Crippen MR) is 47.8 cm³/mol. The minimum Gasteiger partial charge on any atom is -0.388 e. The Hall–Kier alpha value is -0.120. The van der Waals surface area contributed by atoms with Crippen molar-refractivity contribution in [2.24, 2.45) is 11.7 Å². The van der Waals surface area contributed by atoms with Gasteiger partial charge in [-0.1, -0.05) is 13.8 Å². The van der Waals surface area contributed by atoms with Gasteiger partial charge >= 0.3 is 0 Å². The van der Waals surface area contributed by atoms with E-state index in [0.29, 0.717) is 31.9 Å². The third-order valence-electron chi connectivity index (χ3n) is 2.60. The molecule has 0 aromatic carbocycles. The molecule has 1 saturated heterocycles. The number of nitrogens with two attached hydrogens (primary N) is 1. The highest BCUT2D eigenvalue weighted by molar-refractivity contribution is 4.87. The van der Waals surface area contributed by atoms with Gasteiger partial charge in [0.15, 0.2) is 0 Å². The Balaban J connectivity index is 2.51. The lowest BCUT2D eigenvalue weighted by molar-refractivity contribution is -0.112. The van der Waals surface area contributed by atoms with Crippen LogP contribution in [-0.4, -0.2) is 30.0 Å². The van der Waals surface area contributed by atoms with E-state index < -0.39 is 5.60 Å². The number of rotatable bonds is 2. The summed E-state index contributed by atoms with van der Waals surface area (Å²) >= 11 is 0. The van der Waals surface area contributed by atoms with E-state index in [1.807, 2.05) is 0 Å². The first-order valence-corrected chi connectivity index (χ1v) is 4.61. The molecule has 2 atom stereocenters. The molecule has 0 aromatic rings. The van der Waals surface area contributed by atoms with E-state index in [4.69, 9.17) is 10.5 Å². The highest BCUT2D eigenvalue weighted by Crippen LogP contribution is 2.27. The summed E-state index contributed by atoms with van der Waals surface area (Å²) in [6, 6.07) is 0. The highest BCUT2D eigenvalue weighted by atomic mass is 16.5. The molecule has 3 nitrogen and oxygen atoms in total. The number of hydrogen-bond acceptors (Lipinski definition) is 3. The van der Waals surface area contributed by atoms with E-state index in [1.54, 1.807) is 0 Å². The fourth-order valence-corrected chi connectivity index (χ4v) is 1.55. The summed E-state index contributed by atoms with van der Waals surface area (Å²) in [6.07, 6.45) is 1.53. The average molecular weight is 173 g/mol. The second-order valence-corrected chi connectivity index (χ2v) is 4.04. The fourth-order valence-electron chi connectivity index (χ4n) is 1.55. The molecular formula is C9H19NO2. The Bertz CT molecular complexity index is 149. The van der Waals surface area contributed by atoms with Gasteiger partial charge in [0, 0.05) is 26.0 Å². The molecule has 0 spiro atoms. The summed E-state index contributed by atoms with van der Waals surface area (Å²) in [4.78, 5) is 0. The van der Waals surface area contributed by atoms with Crippen LogP contribution in [0, 0.1) is 5.92 Å². The maximum Gasteiger partial charge on any atom is 0.0816 e. The van der Waals surface area contributed by atoms with E-state index in [1.165, 1.54) is 0 Å². The van der Waals surface area contributed by atoms with Crippen molar-refractivity contribution in [3.8, 4) is 0 Å². The van der Waals surface area contributed by atoms with Crippen molar-refractivity contribution in [2.75, 3.05) is 13.2 Å². The van der Waals surface area contributed by atoms with Crippen molar-refractivity contribution in [3.63, 3.8) is 0 Å². The van der Waals surface area contributed by atoms with Crippen molar-refractivity contribution < 1.29 is 9.84 Å². The van der Waals surface area contributed by atoms with Crippen LogP contribution in [0.25, 0.3) is 0 Å². The zero-order chi connectivity index (χ0) is 9.19. The Kier molecular flexibility index (Phi) is 3.09. The maximum absolute atomic E-state index is 9.89. The first-order valence-electron chi connectivity index (χ1n) is 4.61. The van der Waals surface area contributed by atoms with Gasteiger partial charge in [0.05, 0.1) is 11.7 Å². The fraction of sp³-hybridized carbons (Fsp3) is 1.00. The van der Waals surface area contributed by atoms with Crippen LogP contribution in [0.15, 0.2) is 0 Å². The lowest BCUT2D eigenvalue weighted by Gasteiger charge is -2.37. The molecule has 3 N–H and O–H groups in total. The molecule has 1 aliphatic rings. The lowest BCUT2D eigenvalue weighted by Crippen LogP contribution is -2.47. The van der Waals surface area contributed by atoms with Crippen molar-refractivity contribution >= 4 is 0 Å². The molecule has 1 rings (SSSR count). The predicted octanol–water partition coefficient (Wildman–Crippen LogP) is 0.511. The van der Waals surface area contributed by atoms with Crippen LogP contribution in [0.3, 0.4) is 0 Å². The largest absolute Gasteiger partial charge is 0.388 e. The van der Waals surface area contributed by atoms with Gasteiger partial charge < -0.3 is 15.6 Å². The summed E-state index contributed by atoms with van der Waals surface area (Å²) in [5.41, 5.74) is 4.82. The molecule has 0 aliphatic carbocycles. The third-order valence-corrected chi connectivity index (χ3v) is 2.60. The van der Waals surface area contributed by atoms with Crippen molar-refractivity contribution in [1.29, 1.82) is 0 Å². The highest BCUT2D eigenvalue weighted by Gasteiger charge is 2.34. The van der Waals surface area contributed by atoms with E-state index in [2.05, 4.69) is 13.8 Å². The van der Waals surface area contributed by atoms with E-state index in [-0.39, 0.29) is 6.10 Å². The minimum absolute atomic E-state index is 0.173. The average Bonchev–Trinajstić information content (AvgIpc) is 2.05. The summed E-state index contributed by atoms with van der Waals surface area (Å²) in [5, 5.41) is 9.89. The van der Waals surface area contributed by atoms with E-state index >= 15 is 0 Å². The third kappa shape index (κ3) is 2.19. The first kappa shape index (κ1) is 9.96. The standard InChI is InChI=1S/C9H19NO2/c1-7(2)8-5-9(11,6-10)3-4-12-8/h7-8,11H,3-6,10H2,1-2H3. The van der Waals surface area contributed by atoms with Gasteiger partial charge in [-0.25, -0.2) is 0 Å². The molecule has 1 heterocycles. The van der Waals surface area contributed by atoms with Gasteiger partial charge in [-0.05, 0) is 5.92 Å². The molecule has 12 heavy (non-hydrogen) atoms. The summed E-state index contributed by atoms with van der Waals surface area (Å²) in [7, 11) is 0. The molecule has 2 unspecified atom stereocenters. The Morgan fingerprint density at radius 3 is 2.83 bits per heavy atom. The number of hydrogen-bond donors (Lipinski definition) is 2. The minimum atomic E-state index is -0.673. The summed E-state index contributed by atoms with van der Waals surface area (Å²) < 4.78 is 5.52. The first-order chi connectivity index (χ1) is 5.57. The van der Waals surface area contributed by atoms with Crippen LogP contribution in [0.4, 0.5) is 0 Å².